The highest BCUT2D eigenvalue weighted by molar-refractivity contribution is 7.91. The van der Waals surface area contributed by atoms with Crippen molar-refractivity contribution in [2.24, 2.45) is 0 Å². The number of aromatic nitrogens is 2. The molecule has 21 heavy (non-hydrogen) atoms. The highest BCUT2D eigenvalue weighted by Gasteiger charge is 2.23. The second kappa shape index (κ2) is 5.51. The molecule has 1 fully saturated rings. The molecule has 0 radical (unpaired) electrons. The predicted molar refractivity (Wildman–Crippen MR) is 83.5 cm³/mol. The molecule has 0 atom stereocenters. The van der Waals surface area contributed by atoms with Crippen molar-refractivity contribution in [3.05, 3.63) is 16.8 Å². The molecule has 6 nitrogen and oxygen atoms in total. The maximum absolute atomic E-state index is 11.7. The highest BCUT2D eigenvalue weighted by Crippen LogP contribution is 2.31. The van der Waals surface area contributed by atoms with Crippen LogP contribution in [0.3, 0.4) is 0 Å². The molecule has 114 valence electrons. The van der Waals surface area contributed by atoms with E-state index < -0.39 is 9.84 Å². The van der Waals surface area contributed by atoms with Gasteiger partial charge in [-0.25, -0.2) is 23.4 Å². The topological polar surface area (TPSA) is 72.4 Å². The first-order valence-corrected chi connectivity index (χ1v) is 9.50. The first kappa shape index (κ1) is 14.7. The summed E-state index contributed by atoms with van der Waals surface area (Å²) in [7, 11) is -3.03. The normalized spacial score (nSPS) is 18.9. The summed E-state index contributed by atoms with van der Waals surface area (Å²) < 4.78 is 23.4. The number of fused-ring (bicyclic) bond motifs is 1. The molecule has 3 rings (SSSR count). The first-order valence-electron chi connectivity index (χ1n) is 6.86. The van der Waals surface area contributed by atoms with Crippen molar-refractivity contribution in [3.63, 3.8) is 0 Å². The lowest BCUT2D eigenvalue weighted by Gasteiger charge is -2.20. The summed E-state index contributed by atoms with van der Waals surface area (Å²) in [5, 5.41) is 2.54. The molecule has 1 aliphatic rings. The molecule has 0 unspecified atom stereocenters. The molecule has 2 aromatic heterocycles. The molecule has 0 amide bonds. The van der Waals surface area contributed by atoms with Crippen LogP contribution in [0.15, 0.2) is 6.07 Å². The Kier molecular flexibility index (Phi) is 3.85. The number of hydroxylamine groups is 1. The Hall–Kier alpha value is -1.25. The SMILES string of the molecule is CCc1cc2c(N3CCS(=O)(=O)CCO3)nc(C)nc2s1. The van der Waals surface area contributed by atoms with Crippen molar-refractivity contribution in [1.82, 2.24) is 9.97 Å². The molecule has 8 heteroatoms. The third-order valence-corrected chi connectivity index (χ3v) is 6.13. The van der Waals surface area contributed by atoms with E-state index in [2.05, 4.69) is 23.0 Å². The molecule has 1 saturated heterocycles. The van der Waals surface area contributed by atoms with Crippen LogP contribution in [0.25, 0.3) is 10.2 Å². The summed E-state index contributed by atoms with van der Waals surface area (Å²) >= 11 is 1.64. The number of rotatable bonds is 2. The van der Waals surface area contributed by atoms with Gasteiger partial charge in [-0.2, -0.15) is 0 Å². The summed E-state index contributed by atoms with van der Waals surface area (Å²) in [5.74, 6) is 1.48. The van der Waals surface area contributed by atoms with Gasteiger partial charge >= 0.3 is 0 Å². The summed E-state index contributed by atoms with van der Waals surface area (Å²) in [6.45, 7) is 4.39. The summed E-state index contributed by atoms with van der Waals surface area (Å²) in [6, 6.07) is 2.07. The van der Waals surface area contributed by atoms with Gasteiger partial charge in [0.25, 0.3) is 0 Å². The largest absolute Gasteiger partial charge is 0.271 e. The number of anilines is 1. The minimum absolute atomic E-state index is 0.0561. The van der Waals surface area contributed by atoms with Crippen LogP contribution in [0.4, 0.5) is 5.82 Å². The van der Waals surface area contributed by atoms with Gasteiger partial charge < -0.3 is 0 Å². The van der Waals surface area contributed by atoms with E-state index in [4.69, 9.17) is 4.84 Å². The molecule has 0 saturated carbocycles. The molecular formula is C13H17N3O3S2. The van der Waals surface area contributed by atoms with Gasteiger partial charge in [0.05, 0.1) is 30.0 Å². The highest BCUT2D eigenvalue weighted by atomic mass is 32.2. The summed E-state index contributed by atoms with van der Waals surface area (Å²) in [5.41, 5.74) is 0. The van der Waals surface area contributed by atoms with Crippen molar-refractivity contribution in [2.75, 3.05) is 29.7 Å². The quantitative estimate of drug-likeness (QED) is 0.836. The van der Waals surface area contributed by atoms with Crippen molar-refractivity contribution < 1.29 is 13.3 Å². The third-order valence-electron chi connectivity index (χ3n) is 3.37. The van der Waals surface area contributed by atoms with Crippen LogP contribution in [0.1, 0.15) is 17.6 Å². The fraction of sp³-hybridized carbons (Fsp3) is 0.538. The fourth-order valence-corrected chi connectivity index (χ4v) is 4.24. The van der Waals surface area contributed by atoms with Crippen molar-refractivity contribution in [2.45, 2.75) is 20.3 Å². The zero-order chi connectivity index (χ0) is 15.0. The van der Waals surface area contributed by atoms with E-state index >= 15 is 0 Å². The Morgan fingerprint density at radius 1 is 1.38 bits per heavy atom. The van der Waals surface area contributed by atoms with Gasteiger partial charge in [0.1, 0.15) is 10.7 Å². The Morgan fingerprint density at radius 2 is 2.19 bits per heavy atom. The molecule has 0 aliphatic carbocycles. The van der Waals surface area contributed by atoms with Crippen molar-refractivity contribution >= 4 is 37.2 Å². The predicted octanol–water partition coefficient (Wildman–Crippen LogP) is 1.73. The van der Waals surface area contributed by atoms with Crippen LogP contribution in [0.5, 0.6) is 0 Å². The van der Waals surface area contributed by atoms with Crippen LogP contribution < -0.4 is 5.06 Å². The summed E-state index contributed by atoms with van der Waals surface area (Å²) in [6.07, 6.45) is 0.939. The number of aryl methyl sites for hydroxylation is 2. The Labute approximate surface area is 127 Å². The van der Waals surface area contributed by atoms with E-state index in [0.717, 1.165) is 16.6 Å². The third kappa shape index (κ3) is 3.02. The molecule has 0 N–H and O–H groups in total. The van der Waals surface area contributed by atoms with Crippen molar-refractivity contribution in [1.29, 1.82) is 0 Å². The van der Waals surface area contributed by atoms with Gasteiger partial charge in [-0.1, -0.05) is 6.92 Å². The van der Waals surface area contributed by atoms with E-state index in [1.165, 1.54) is 4.88 Å². The second-order valence-electron chi connectivity index (χ2n) is 4.97. The number of thiophene rings is 1. The van der Waals surface area contributed by atoms with Crippen LogP contribution in [-0.2, 0) is 21.1 Å². The lowest BCUT2D eigenvalue weighted by atomic mass is 10.3. The maximum Gasteiger partial charge on any atom is 0.164 e. The van der Waals surface area contributed by atoms with Crippen LogP contribution in [-0.4, -0.2) is 43.0 Å². The average Bonchev–Trinajstić information content (AvgIpc) is 2.75. The van der Waals surface area contributed by atoms with E-state index in [0.29, 0.717) is 18.2 Å². The Balaban J connectivity index is 2.04. The minimum Gasteiger partial charge on any atom is -0.271 e. The van der Waals surface area contributed by atoms with E-state index in [1.807, 2.05) is 6.92 Å². The van der Waals surface area contributed by atoms with E-state index in [-0.39, 0.29) is 18.1 Å². The molecule has 1 aliphatic heterocycles. The standard InChI is InChI=1S/C13H17N3O3S2/c1-3-10-8-11-12(14-9(2)15-13(11)20-10)16-4-6-21(17,18)7-5-19-16/h8H,3-7H2,1-2H3. The molecule has 0 bridgehead atoms. The van der Waals surface area contributed by atoms with Gasteiger partial charge in [0, 0.05) is 4.88 Å². The van der Waals surface area contributed by atoms with Gasteiger partial charge in [-0.3, -0.25) is 4.84 Å². The van der Waals surface area contributed by atoms with Crippen LogP contribution in [0, 0.1) is 6.92 Å². The molecular weight excluding hydrogens is 310 g/mol. The van der Waals surface area contributed by atoms with Gasteiger partial charge in [0.2, 0.25) is 0 Å². The second-order valence-corrected chi connectivity index (χ2v) is 8.39. The van der Waals surface area contributed by atoms with Crippen LogP contribution in [0.2, 0.25) is 0 Å². The van der Waals surface area contributed by atoms with E-state index in [1.54, 1.807) is 16.4 Å². The smallest absolute Gasteiger partial charge is 0.164 e. The van der Waals surface area contributed by atoms with Gasteiger partial charge in [-0.05, 0) is 19.4 Å². The monoisotopic (exact) mass is 327 g/mol. The molecule has 0 spiro atoms. The van der Waals surface area contributed by atoms with Gasteiger partial charge in [-0.15, -0.1) is 11.3 Å². The van der Waals surface area contributed by atoms with E-state index in [9.17, 15) is 8.42 Å². The number of sulfone groups is 1. The molecule has 0 aromatic carbocycles. The van der Waals surface area contributed by atoms with Crippen molar-refractivity contribution in [3.8, 4) is 0 Å². The Bertz CT molecular complexity index is 770. The number of hydrogen-bond acceptors (Lipinski definition) is 7. The molecule has 3 heterocycles. The lowest BCUT2D eigenvalue weighted by Crippen LogP contribution is -2.27. The number of nitrogens with zero attached hydrogens (tertiary/aromatic N) is 3. The van der Waals surface area contributed by atoms with Crippen LogP contribution >= 0.6 is 11.3 Å². The fourth-order valence-electron chi connectivity index (χ4n) is 2.25. The lowest BCUT2D eigenvalue weighted by molar-refractivity contribution is 0.127. The average molecular weight is 327 g/mol. The first-order chi connectivity index (χ1) is 9.98. The zero-order valence-electron chi connectivity index (χ0n) is 12.0. The number of hydrogen-bond donors (Lipinski definition) is 0. The van der Waals surface area contributed by atoms with Gasteiger partial charge in [0.15, 0.2) is 15.7 Å². The molecule has 2 aromatic rings. The Morgan fingerprint density at radius 3 is 2.95 bits per heavy atom. The maximum atomic E-state index is 11.7. The minimum atomic E-state index is -3.03. The zero-order valence-corrected chi connectivity index (χ0v) is 13.6. The summed E-state index contributed by atoms with van der Waals surface area (Å²) in [4.78, 5) is 16.7.